The second-order valence-electron chi connectivity index (χ2n) is 5.69. The summed E-state index contributed by atoms with van der Waals surface area (Å²) in [7, 11) is 0. The van der Waals surface area contributed by atoms with Crippen molar-refractivity contribution >= 4 is 23.6 Å². The molecule has 0 unspecified atom stereocenters. The maximum absolute atomic E-state index is 12.2. The molecule has 1 heterocycles. The van der Waals surface area contributed by atoms with Crippen molar-refractivity contribution in [2.24, 2.45) is 0 Å². The van der Waals surface area contributed by atoms with Gasteiger partial charge in [0.15, 0.2) is 0 Å². The number of imide groups is 1. The Morgan fingerprint density at radius 3 is 2.05 bits per heavy atom. The fourth-order valence-electron chi connectivity index (χ4n) is 2.65. The van der Waals surface area contributed by atoms with Crippen molar-refractivity contribution in [3.8, 4) is 0 Å². The molecule has 0 N–H and O–H groups in total. The van der Waals surface area contributed by atoms with E-state index in [0.717, 1.165) is 18.6 Å². The van der Waals surface area contributed by atoms with E-state index in [1.807, 2.05) is 23.9 Å². The molecule has 2 rings (SSSR count). The third kappa shape index (κ3) is 4.35. The van der Waals surface area contributed by atoms with Crippen LogP contribution in [0, 0.1) is 0 Å². The van der Waals surface area contributed by atoms with Crippen molar-refractivity contribution in [1.82, 2.24) is 4.90 Å². The van der Waals surface area contributed by atoms with Crippen LogP contribution in [0.2, 0.25) is 0 Å². The summed E-state index contributed by atoms with van der Waals surface area (Å²) >= 11 is 1.99. The number of amides is 2. The van der Waals surface area contributed by atoms with Gasteiger partial charge in [-0.25, -0.2) is 0 Å². The number of hydrogen-bond donors (Lipinski definition) is 0. The van der Waals surface area contributed by atoms with Gasteiger partial charge < -0.3 is 0 Å². The molecule has 1 aliphatic heterocycles. The standard InChI is InChI=1S/C18H25NO2S/c1-2-3-4-8-13-22-14-9-7-12-19-17(20)15-10-5-6-11-16(15)18(19)21/h5-6,10-11H,2-4,7-9,12-14H2,1H3. The third-order valence-electron chi connectivity index (χ3n) is 3.94. The van der Waals surface area contributed by atoms with Crippen molar-refractivity contribution in [3.63, 3.8) is 0 Å². The molecule has 0 atom stereocenters. The van der Waals surface area contributed by atoms with Gasteiger partial charge in [0.2, 0.25) is 0 Å². The molecule has 0 saturated carbocycles. The number of rotatable bonds is 10. The molecule has 1 aromatic rings. The Morgan fingerprint density at radius 1 is 0.864 bits per heavy atom. The number of hydrogen-bond acceptors (Lipinski definition) is 3. The topological polar surface area (TPSA) is 37.4 Å². The summed E-state index contributed by atoms with van der Waals surface area (Å²) in [6.45, 7) is 2.77. The molecule has 120 valence electrons. The van der Waals surface area contributed by atoms with Gasteiger partial charge in [-0.1, -0.05) is 38.3 Å². The van der Waals surface area contributed by atoms with Crippen LogP contribution < -0.4 is 0 Å². The Labute approximate surface area is 137 Å². The van der Waals surface area contributed by atoms with E-state index in [0.29, 0.717) is 17.7 Å². The highest BCUT2D eigenvalue weighted by molar-refractivity contribution is 7.99. The number of fused-ring (bicyclic) bond motifs is 1. The van der Waals surface area contributed by atoms with Gasteiger partial charge in [-0.2, -0.15) is 11.8 Å². The average molecular weight is 319 g/mol. The van der Waals surface area contributed by atoms with Gasteiger partial charge in [-0.3, -0.25) is 14.5 Å². The minimum absolute atomic E-state index is 0.132. The molecule has 0 spiro atoms. The second kappa shape index (κ2) is 8.99. The fourth-order valence-corrected chi connectivity index (χ4v) is 3.67. The lowest BCUT2D eigenvalue weighted by atomic mass is 10.1. The van der Waals surface area contributed by atoms with Gasteiger partial charge >= 0.3 is 0 Å². The van der Waals surface area contributed by atoms with Crippen molar-refractivity contribution in [3.05, 3.63) is 35.4 Å². The molecular weight excluding hydrogens is 294 g/mol. The van der Waals surface area contributed by atoms with Gasteiger partial charge in [0.1, 0.15) is 0 Å². The summed E-state index contributed by atoms with van der Waals surface area (Å²) in [5.74, 6) is 2.09. The maximum Gasteiger partial charge on any atom is 0.261 e. The molecule has 0 saturated heterocycles. The molecule has 0 radical (unpaired) electrons. The Balaban J connectivity index is 1.63. The van der Waals surface area contributed by atoms with Gasteiger partial charge in [0, 0.05) is 6.54 Å². The molecule has 22 heavy (non-hydrogen) atoms. The van der Waals surface area contributed by atoms with Crippen LogP contribution in [0.5, 0.6) is 0 Å². The van der Waals surface area contributed by atoms with Crippen LogP contribution in [-0.4, -0.2) is 34.8 Å². The zero-order valence-electron chi connectivity index (χ0n) is 13.3. The van der Waals surface area contributed by atoms with Gasteiger partial charge in [0.05, 0.1) is 11.1 Å². The molecule has 1 aromatic carbocycles. The van der Waals surface area contributed by atoms with Crippen molar-refractivity contribution in [1.29, 1.82) is 0 Å². The zero-order chi connectivity index (χ0) is 15.8. The highest BCUT2D eigenvalue weighted by atomic mass is 32.2. The lowest BCUT2D eigenvalue weighted by Crippen LogP contribution is -2.30. The summed E-state index contributed by atoms with van der Waals surface area (Å²) in [6.07, 6.45) is 7.21. The van der Waals surface area contributed by atoms with E-state index in [4.69, 9.17) is 0 Å². The number of nitrogens with zero attached hydrogens (tertiary/aromatic N) is 1. The van der Waals surface area contributed by atoms with Crippen molar-refractivity contribution in [2.75, 3.05) is 18.1 Å². The van der Waals surface area contributed by atoms with Crippen LogP contribution in [0.4, 0.5) is 0 Å². The maximum atomic E-state index is 12.2. The third-order valence-corrected chi connectivity index (χ3v) is 5.10. The largest absolute Gasteiger partial charge is 0.274 e. The quantitative estimate of drug-likeness (QED) is 0.474. The number of benzene rings is 1. The summed E-state index contributed by atoms with van der Waals surface area (Å²) in [6, 6.07) is 7.09. The van der Waals surface area contributed by atoms with E-state index < -0.39 is 0 Å². The van der Waals surface area contributed by atoms with E-state index in [-0.39, 0.29) is 11.8 Å². The molecule has 1 aliphatic rings. The number of thioether (sulfide) groups is 1. The fraction of sp³-hybridized carbons (Fsp3) is 0.556. The SMILES string of the molecule is CCCCCCSCCCCN1C(=O)c2ccccc2C1=O. The van der Waals surface area contributed by atoms with Crippen LogP contribution >= 0.6 is 11.8 Å². The molecule has 0 aromatic heterocycles. The first-order valence-electron chi connectivity index (χ1n) is 8.28. The lowest BCUT2D eigenvalue weighted by molar-refractivity contribution is 0.0652. The first kappa shape index (κ1) is 17.1. The highest BCUT2D eigenvalue weighted by Gasteiger charge is 2.34. The Morgan fingerprint density at radius 2 is 1.45 bits per heavy atom. The lowest BCUT2D eigenvalue weighted by Gasteiger charge is -2.13. The molecule has 3 nitrogen and oxygen atoms in total. The van der Waals surface area contributed by atoms with Gasteiger partial charge in [-0.15, -0.1) is 0 Å². The highest BCUT2D eigenvalue weighted by Crippen LogP contribution is 2.22. The molecule has 0 fully saturated rings. The van der Waals surface area contributed by atoms with Gasteiger partial charge in [0.25, 0.3) is 11.8 Å². The summed E-state index contributed by atoms with van der Waals surface area (Å²) in [5, 5.41) is 0. The van der Waals surface area contributed by atoms with E-state index in [1.54, 1.807) is 12.1 Å². The average Bonchev–Trinajstić information content (AvgIpc) is 2.78. The van der Waals surface area contributed by atoms with Crippen LogP contribution in [0.15, 0.2) is 24.3 Å². The normalized spacial score (nSPS) is 13.8. The number of carbonyl (C=O) groups is 2. The number of unbranched alkanes of at least 4 members (excludes halogenated alkanes) is 4. The van der Waals surface area contributed by atoms with Crippen molar-refractivity contribution < 1.29 is 9.59 Å². The molecular formula is C18H25NO2S. The first-order chi connectivity index (χ1) is 10.8. The van der Waals surface area contributed by atoms with Gasteiger partial charge in [-0.05, 0) is 42.9 Å². The monoisotopic (exact) mass is 319 g/mol. The Bertz CT molecular complexity index is 481. The van der Waals surface area contributed by atoms with Crippen LogP contribution in [-0.2, 0) is 0 Å². The molecule has 0 aliphatic carbocycles. The van der Waals surface area contributed by atoms with Crippen LogP contribution in [0.25, 0.3) is 0 Å². The van der Waals surface area contributed by atoms with Crippen LogP contribution in [0.3, 0.4) is 0 Å². The minimum Gasteiger partial charge on any atom is -0.274 e. The second-order valence-corrected chi connectivity index (χ2v) is 6.91. The molecule has 4 heteroatoms. The summed E-state index contributed by atoms with van der Waals surface area (Å²) in [4.78, 5) is 25.7. The minimum atomic E-state index is -0.132. The van der Waals surface area contributed by atoms with E-state index in [9.17, 15) is 9.59 Å². The predicted octanol–water partition coefficient (Wildman–Crippen LogP) is 4.38. The Kier molecular flexibility index (Phi) is 6.97. The zero-order valence-corrected chi connectivity index (χ0v) is 14.2. The summed E-state index contributed by atoms with van der Waals surface area (Å²) < 4.78 is 0. The number of carbonyl (C=O) groups excluding carboxylic acids is 2. The summed E-state index contributed by atoms with van der Waals surface area (Å²) in [5.41, 5.74) is 1.11. The predicted molar refractivity (Wildman–Crippen MR) is 92.5 cm³/mol. The smallest absolute Gasteiger partial charge is 0.261 e. The van der Waals surface area contributed by atoms with Crippen molar-refractivity contribution in [2.45, 2.75) is 45.4 Å². The molecule has 0 bridgehead atoms. The van der Waals surface area contributed by atoms with Crippen LogP contribution in [0.1, 0.15) is 66.2 Å². The van der Waals surface area contributed by atoms with E-state index >= 15 is 0 Å². The first-order valence-corrected chi connectivity index (χ1v) is 9.44. The Hall–Kier alpha value is -1.29. The molecule has 2 amide bonds. The van der Waals surface area contributed by atoms with E-state index in [2.05, 4.69) is 6.92 Å². The van der Waals surface area contributed by atoms with E-state index in [1.165, 1.54) is 36.3 Å².